The minimum Gasteiger partial charge on any atom is -0.373 e. The van der Waals surface area contributed by atoms with Gasteiger partial charge in [-0.3, -0.25) is 0 Å². The summed E-state index contributed by atoms with van der Waals surface area (Å²) in [5, 5.41) is 0.164. The zero-order chi connectivity index (χ0) is 11.5. The van der Waals surface area contributed by atoms with Crippen LogP contribution in [-0.4, -0.2) is 12.6 Å². The minimum atomic E-state index is -0.392. The van der Waals surface area contributed by atoms with Crippen LogP contribution in [0.1, 0.15) is 18.4 Å². The molecule has 1 aliphatic rings. The van der Waals surface area contributed by atoms with Crippen molar-refractivity contribution < 1.29 is 9.13 Å². The van der Waals surface area contributed by atoms with Crippen LogP contribution in [-0.2, 0) is 11.3 Å². The van der Waals surface area contributed by atoms with Crippen molar-refractivity contribution in [2.45, 2.75) is 25.6 Å². The van der Waals surface area contributed by atoms with E-state index in [4.69, 9.17) is 22.1 Å². The molecule has 0 unspecified atom stereocenters. The van der Waals surface area contributed by atoms with E-state index in [1.807, 2.05) is 0 Å². The Morgan fingerprint density at radius 3 is 2.88 bits per heavy atom. The Morgan fingerprint density at radius 1 is 1.44 bits per heavy atom. The van der Waals surface area contributed by atoms with Crippen LogP contribution in [0.15, 0.2) is 18.2 Å². The summed E-state index contributed by atoms with van der Waals surface area (Å²) in [6.07, 6.45) is 2.26. The second kappa shape index (κ2) is 5.13. The fraction of sp³-hybridized carbons (Fsp3) is 0.500. The summed E-state index contributed by atoms with van der Waals surface area (Å²) in [5.41, 5.74) is 6.23. The molecule has 0 atom stereocenters. The molecule has 0 spiro atoms. The maximum atomic E-state index is 13.1. The van der Waals surface area contributed by atoms with Crippen LogP contribution in [0.4, 0.5) is 4.39 Å². The average Bonchev–Trinajstić information content (AvgIpc) is 2.22. The Hall–Kier alpha value is -0.640. The number of benzene rings is 1. The third kappa shape index (κ3) is 2.54. The Labute approximate surface area is 99.5 Å². The first-order valence-electron chi connectivity index (χ1n) is 5.45. The normalized spacial score (nSPS) is 24.2. The maximum absolute atomic E-state index is 13.1. The highest BCUT2D eigenvalue weighted by atomic mass is 35.5. The lowest BCUT2D eigenvalue weighted by Gasteiger charge is -2.34. The summed E-state index contributed by atoms with van der Waals surface area (Å²) in [7, 11) is 0. The van der Waals surface area contributed by atoms with Crippen LogP contribution < -0.4 is 5.73 Å². The summed E-state index contributed by atoms with van der Waals surface area (Å²) in [6, 6.07) is 4.77. The summed E-state index contributed by atoms with van der Waals surface area (Å²) in [5.74, 6) is 0.198. The van der Waals surface area contributed by atoms with Crippen molar-refractivity contribution in [3.8, 4) is 0 Å². The van der Waals surface area contributed by atoms with Crippen LogP contribution in [0.25, 0.3) is 0 Å². The molecule has 1 saturated carbocycles. The molecule has 0 bridgehead atoms. The van der Waals surface area contributed by atoms with Crippen molar-refractivity contribution in [2.75, 3.05) is 6.54 Å². The molecule has 0 amide bonds. The quantitative estimate of drug-likeness (QED) is 0.883. The van der Waals surface area contributed by atoms with Gasteiger partial charge in [-0.2, -0.15) is 0 Å². The first kappa shape index (κ1) is 11.8. The van der Waals surface area contributed by atoms with Gasteiger partial charge in [0, 0.05) is 0 Å². The predicted molar refractivity (Wildman–Crippen MR) is 61.8 cm³/mol. The molecule has 1 aliphatic carbocycles. The van der Waals surface area contributed by atoms with E-state index in [9.17, 15) is 4.39 Å². The molecule has 2 rings (SSSR count). The van der Waals surface area contributed by atoms with Gasteiger partial charge < -0.3 is 10.5 Å². The van der Waals surface area contributed by atoms with Crippen LogP contribution in [0.5, 0.6) is 0 Å². The van der Waals surface area contributed by atoms with Crippen LogP contribution in [0, 0.1) is 11.7 Å². The van der Waals surface area contributed by atoms with E-state index in [2.05, 4.69) is 0 Å². The fourth-order valence-corrected chi connectivity index (χ4v) is 2.05. The van der Waals surface area contributed by atoms with E-state index in [-0.39, 0.29) is 11.1 Å². The second-order valence-corrected chi connectivity index (χ2v) is 4.60. The van der Waals surface area contributed by atoms with Gasteiger partial charge in [0.2, 0.25) is 0 Å². The minimum absolute atomic E-state index is 0.164. The van der Waals surface area contributed by atoms with Gasteiger partial charge in [-0.25, -0.2) is 4.39 Å². The van der Waals surface area contributed by atoms with Gasteiger partial charge in [-0.15, -0.1) is 0 Å². The fourth-order valence-electron chi connectivity index (χ4n) is 1.87. The highest BCUT2D eigenvalue weighted by Gasteiger charge is 2.28. The smallest absolute Gasteiger partial charge is 0.142 e. The Morgan fingerprint density at radius 2 is 2.19 bits per heavy atom. The average molecular weight is 244 g/mol. The number of rotatable bonds is 4. The van der Waals surface area contributed by atoms with Gasteiger partial charge in [-0.1, -0.05) is 23.7 Å². The van der Waals surface area contributed by atoms with E-state index >= 15 is 0 Å². The molecule has 0 aromatic heterocycles. The first-order valence-corrected chi connectivity index (χ1v) is 5.83. The molecular weight excluding hydrogens is 229 g/mol. The standard InChI is InChI=1S/C12H15ClFNO/c13-12-9(2-1-3-11(12)14)7-16-10-4-8(5-10)6-15/h1-3,8,10H,4-7,15H2. The first-order chi connectivity index (χ1) is 7.70. The number of ether oxygens (including phenoxy) is 1. The van der Waals surface area contributed by atoms with Gasteiger partial charge in [0.1, 0.15) is 5.82 Å². The van der Waals surface area contributed by atoms with Gasteiger partial charge in [0.05, 0.1) is 17.7 Å². The van der Waals surface area contributed by atoms with Crippen molar-refractivity contribution in [3.63, 3.8) is 0 Å². The zero-order valence-corrected chi connectivity index (χ0v) is 9.71. The zero-order valence-electron chi connectivity index (χ0n) is 8.96. The Bertz CT molecular complexity index is 366. The predicted octanol–water partition coefficient (Wildman–Crippen LogP) is 2.73. The summed E-state index contributed by atoms with van der Waals surface area (Å²) < 4.78 is 18.7. The number of halogens is 2. The number of hydrogen-bond acceptors (Lipinski definition) is 2. The van der Waals surface area contributed by atoms with Crippen LogP contribution in [0.2, 0.25) is 5.02 Å². The van der Waals surface area contributed by atoms with Crippen molar-refractivity contribution in [1.82, 2.24) is 0 Å². The summed E-state index contributed by atoms with van der Waals surface area (Å²) >= 11 is 5.82. The van der Waals surface area contributed by atoms with Crippen molar-refractivity contribution in [2.24, 2.45) is 11.7 Å². The maximum Gasteiger partial charge on any atom is 0.142 e. The number of nitrogens with two attached hydrogens (primary N) is 1. The van der Waals surface area contributed by atoms with Crippen LogP contribution >= 0.6 is 11.6 Å². The third-order valence-corrected chi connectivity index (χ3v) is 3.46. The molecule has 0 aliphatic heterocycles. The largest absolute Gasteiger partial charge is 0.373 e. The SMILES string of the molecule is NCC1CC(OCc2cccc(F)c2Cl)C1. The molecule has 1 aromatic rings. The van der Waals surface area contributed by atoms with Gasteiger partial charge in [-0.05, 0) is 36.9 Å². The summed E-state index contributed by atoms with van der Waals surface area (Å²) in [6.45, 7) is 1.10. The number of hydrogen-bond donors (Lipinski definition) is 1. The Balaban J connectivity index is 1.84. The Kier molecular flexibility index (Phi) is 3.79. The molecular formula is C12H15ClFNO. The highest BCUT2D eigenvalue weighted by molar-refractivity contribution is 6.31. The second-order valence-electron chi connectivity index (χ2n) is 4.22. The van der Waals surface area contributed by atoms with E-state index in [0.717, 1.165) is 19.4 Å². The van der Waals surface area contributed by atoms with E-state index in [1.54, 1.807) is 12.1 Å². The lowest BCUT2D eigenvalue weighted by atomic mass is 9.82. The van der Waals surface area contributed by atoms with Gasteiger partial charge >= 0.3 is 0 Å². The van der Waals surface area contributed by atoms with E-state index in [1.165, 1.54) is 6.07 Å². The highest BCUT2D eigenvalue weighted by Crippen LogP contribution is 2.30. The topological polar surface area (TPSA) is 35.2 Å². The third-order valence-electron chi connectivity index (χ3n) is 3.03. The molecule has 2 N–H and O–H groups in total. The van der Waals surface area contributed by atoms with Gasteiger partial charge in [0.25, 0.3) is 0 Å². The molecule has 0 saturated heterocycles. The molecule has 1 fully saturated rings. The molecule has 2 nitrogen and oxygen atoms in total. The lowest BCUT2D eigenvalue weighted by molar-refractivity contribution is -0.0376. The van der Waals surface area contributed by atoms with E-state index < -0.39 is 5.82 Å². The van der Waals surface area contributed by atoms with Crippen molar-refractivity contribution in [3.05, 3.63) is 34.6 Å². The molecule has 4 heteroatoms. The van der Waals surface area contributed by atoms with Crippen molar-refractivity contribution >= 4 is 11.6 Å². The monoisotopic (exact) mass is 243 g/mol. The lowest BCUT2D eigenvalue weighted by Crippen LogP contribution is -2.35. The molecule has 88 valence electrons. The summed E-state index contributed by atoms with van der Waals surface area (Å²) in [4.78, 5) is 0. The van der Waals surface area contributed by atoms with Gasteiger partial charge in [0.15, 0.2) is 0 Å². The van der Waals surface area contributed by atoms with Crippen LogP contribution in [0.3, 0.4) is 0 Å². The van der Waals surface area contributed by atoms with Crippen molar-refractivity contribution in [1.29, 1.82) is 0 Å². The molecule has 16 heavy (non-hydrogen) atoms. The molecule has 0 radical (unpaired) electrons. The molecule has 0 heterocycles. The molecule has 1 aromatic carbocycles. The van der Waals surface area contributed by atoms with E-state index in [0.29, 0.717) is 18.1 Å².